The molecule has 3 rings (SSSR count). The zero-order valence-corrected chi connectivity index (χ0v) is 10.1. The Morgan fingerprint density at radius 3 is 2.88 bits per heavy atom. The average molecular weight is 213 g/mol. The van der Waals surface area contributed by atoms with Crippen LogP contribution in [0.5, 0.6) is 0 Å². The number of fused-ring (bicyclic) bond motifs is 3. The highest BCUT2D eigenvalue weighted by atomic mass is 14.7. The summed E-state index contributed by atoms with van der Waals surface area (Å²) in [5.74, 6) is 1.67. The smallest absolute Gasteiger partial charge is 0.0458 e. The van der Waals surface area contributed by atoms with Gasteiger partial charge in [0.1, 0.15) is 0 Å². The topological polar surface area (TPSA) is 15.8 Å². The third-order valence-electron chi connectivity index (χ3n) is 4.08. The van der Waals surface area contributed by atoms with Crippen LogP contribution in [-0.2, 0) is 12.8 Å². The fourth-order valence-corrected chi connectivity index (χ4v) is 2.97. The van der Waals surface area contributed by atoms with Crippen LogP contribution in [0.2, 0.25) is 0 Å². The van der Waals surface area contributed by atoms with Gasteiger partial charge in [-0.1, -0.05) is 32.0 Å². The molecular formula is C15H19N. The van der Waals surface area contributed by atoms with E-state index in [1.165, 1.54) is 35.9 Å². The molecule has 1 aromatic carbocycles. The van der Waals surface area contributed by atoms with Crippen LogP contribution in [0.4, 0.5) is 0 Å². The molecule has 1 N–H and O–H groups in total. The Morgan fingerprint density at radius 2 is 2.06 bits per heavy atom. The van der Waals surface area contributed by atoms with E-state index in [2.05, 4.69) is 43.1 Å². The van der Waals surface area contributed by atoms with Gasteiger partial charge in [-0.25, -0.2) is 0 Å². The van der Waals surface area contributed by atoms with Crippen molar-refractivity contribution < 1.29 is 0 Å². The molecule has 1 unspecified atom stereocenters. The van der Waals surface area contributed by atoms with Crippen molar-refractivity contribution in [2.24, 2.45) is 11.8 Å². The number of para-hydroxylation sites is 1. The van der Waals surface area contributed by atoms with Gasteiger partial charge in [0.05, 0.1) is 0 Å². The van der Waals surface area contributed by atoms with Crippen molar-refractivity contribution >= 4 is 10.9 Å². The lowest BCUT2D eigenvalue weighted by molar-refractivity contribution is 0.342. The average Bonchev–Trinajstić information content (AvgIpc) is 2.66. The first-order chi connectivity index (χ1) is 7.75. The number of hydrogen-bond donors (Lipinski definition) is 1. The van der Waals surface area contributed by atoms with Gasteiger partial charge >= 0.3 is 0 Å². The third kappa shape index (κ3) is 1.46. The Labute approximate surface area is 96.9 Å². The maximum atomic E-state index is 3.58. The summed E-state index contributed by atoms with van der Waals surface area (Å²) in [6.07, 6.45) is 3.83. The predicted molar refractivity (Wildman–Crippen MR) is 68.7 cm³/mol. The lowest BCUT2D eigenvalue weighted by atomic mass is 9.80. The molecule has 2 aromatic rings. The van der Waals surface area contributed by atoms with Gasteiger partial charge in [0.2, 0.25) is 0 Å². The molecule has 0 radical (unpaired) electrons. The number of rotatable bonds is 1. The molecule has 0 spiro atoms. The fourth-order valence-electron chi connectivity index (χ4n) is 2.97. The highest BCUT2D eigenvalue weighted by molar-refractivity contribution is 5.84. The third-order valence-corrected chi connectivity index (χ3v) is 4.08. The minimum Gasteiger partial charge on any atom is -0.358 e. The zero-order valence-electron chi connectivity index (χ0n) is 10.1. The van der Waals surface area contributed by atoms with Crippen molar-refractivity contribution in [3.8, 4) is 0 Å². The molecule has 1 atom stereocenters. The van der Waals surface area contributed by atoms with Crippen LogP contribution in [0.3, 0.4) is 0 Å². The molecule has 84 valence electrons. The summed E-state index contributed by atoms with van der Waals surface area (Å²) in [6, 6.07) is 8.71. The molecule has 1 aliphatic rings. The Morgan fingerprint density at radius 1 is 1.25 bits per heavy atom. The molecule has 0 bridgehead atoms. The number of aryl methyl sites for hydroxylation is 1. The van der Waals surface area contributed by atoms with Crippen molar-refractivity contribution in [3.05, 3.63) is 35.5 Å². The van der Waals surface area contributed by atoms with Crippen molar-refractivity contribution in [1.82, 2.24) is 4.98 Å². The van der Waals surface area contributed by atoms with Crippen molar-refractivity contribution in [2.45, 2.75) is 33.1 Å². The maximum absolute atomic E-state index is 3.58. The minimum absolute atomic E-state index is 0.807. The van der Waals surface area contributed by atoms with E-state index in [9.17, 15) is 0 Å². The number of benzene rings is 1. The summed E-state index contributed by atoms with van der Waals surface area (Å²) in [6.45, 7) is 4.70. The number of H-pyrrole nitrogens is 1. The zero-order chi connectivity index (χ0) is 11.1. The van der Waals surface area contributed by atoms with Gasteiger partial charge < -0.3 is 4.98 Å². The van der Waals surface area contributed by atoms with E-state index in [1.54, 1.807) is 5.56 Å². The van der Waals surface area contributed by atoms with Crippen LogP contribution in [0.25, 0.3) is 10.9 Å². The van der Waals surface area contributed by atoms with Gasteiger partial charge in [-0.15, -0.1) is 0 Å². The van der Waals surface area contributed by atoms with Crippen LogP contribution in [0, 0.1) is 11.8 Å². The lowest BCUT2D eigenvalue weighted by Crippen LogP contribution is -2.18. The summed E-state index contributed by atoms with van der Waals surface area (Å²) < 4.78 is 0. The summed E-state index contributed by atoms with van der Waals surface area (Å²) in [4.78, 5) is 3.58. The standard InChI is InChI=1S/C15H19N/c1-10(2)11-7-8-15-13(9-11)12-5-3-4-6-14(12)16-15/h3-6,10-11,16H,7-9H2,1-2H3. The summed E-state index contributed by atoms with van der Waals surface area (Å²) in [5.41, 5.74) is 4.38. The second-order valence-corrected chi connectivity index (χ2v) is 5.37. The van der Waals surface area contributed by atoms with E-state index < -0.39 is 0 Å². The van der Waals surface area contributed by atoms with Crippen LogP contribution in [0.15, 0.2) is 24.3 Å². The second-order valence-electron chi connectivity index (χ2n) is 5.37. The normalized spacial score (nSPS) is 20.3. The number of hydrogen-bond acceptors (Lipinski definition) is 0. The van der Waals surface area contributed by atoms with Crippen LogP contribution < -0.4 is 0 Å². The second kappa shape index (κ2) is 3.65. The largest absolute Gasteiger partial charge is 0.358 e. The fraction of sp³-hybridized carbons (Fsp3) is 0.467. The first kappa shape index (κ1) is 9.95. The van der Waals surface area contributed by atoms with E-state index >= 15 is 0 Å². The Bertz CT molecular complexity index is 507. The molecule has 1 nitrogen and oxygen atoms in total. The van der Waals surface area contributed by atoms with Crippen molar-refractivity contribution in [1.29, 1.82) is 0 Å². The van der Waals surface area contributed by atoms with Crippen LogP contribution in [0.1, 0.15) is 31.5 Å². The van der Waals surface area contributed by atoms with E-state index in [0.717, 1.165) is 11.8 Å². The quantitative estimate of drug-likeness (QED) is 0.738. The number of aromatic amines is 1. The Balaban J connectivity index is 2.08. The van der Waals surface area contributed by atoms with E-state index in [1.807, 2.05) is 0 Å². The SMILES string of the molecule is CC(C)C1CCc2[nH]c3ccccc3c2C1. The highest BCUT2D eigenvalue weighted by Gasteiger charge is 2.23. The molecule has 1 heterocycles. The molecule has 0 amide bonds. The minimum atomic E-state index is 0.807. The van der Waals surface area contributed by atoms with Gasteiger partial charge in [0.25, 0.3) is 0 Å². The molecule has 1 aromatic heterocycles. The van der Waals surface area contributed by atoms with E-state index in [4.69, 9.17) is 0 Å². The highest BCUT2D eigenvalue weighted by Crippen LogP contribution is 2.34. The number of aromatic nitrogens is 1. The molecule has 1 aliphatic carbocycles. The van der Waals surface area contributed by atoms with Gasteiger partial charge in [-0.2, -0.15) is 0 Å². The maximum Gasteiger partial charge on any atom is 0.0458 e. The molecular weight excluding hydrogens is 194 g/mol. The van der Waals surface area contributed by atoms with Crippen molar-refractivity contribution in [2.75, 3.05) is 0 Å². The summed E-state index contributed by atoms with van der Waals surface area (Å²) in [7, 11) is 0. The Hall–Kier alpha value is -1.24. The van der Waals surface area contributed by atoms with Gasteiger partial charge in [-0.3, -0.25) is 0 Å². The summed E-state index contributed by atoms with van der Waals surface area (Å²) >= 11 is 0. The monoisotopic (exact) mass is 213 g/mol. The predicted octanol–water partition coefficient (Wildman–Crippen LogP) is 3.93. The Kier molecular flexibility index (Phi) is 2.27. The van der Waals surface area contributed by atoms with Gasteiger partial charge in [0, 0.05) is 16.6 Å². The van der Waals surface area contributed by atoms with Crippen LogP contribution in [-0.4, -0.2) is 4.98 Å². The van der Waals surface area contributed by atoms with E-state index in [-0.39, 0.29) is 0 Å². The molecule has 0 saturated carbocycles. The van der Waals surface area contributed by atoms with Crippen LogP contribution >= 0.6 is 0 Å². The van der Waals surface area contributed by atoms with Crippen molar-refractivity contribution in [3.63, 3.8) is 0 Å². The summed E-state index contributed by atoms with van der Waals surface area (Å²) in [5, 5.41) is 1.45. The molecule has 0 saturated heterocycles. The first-order valence-corrected chi connectivity index (χ1v) is 6.34. The molecule has 1 heteroatoms. The molecule has 0 fully saturated rings. The first-order valence-electron chi connectivity index (χ1n) is 6.34. The molecule has 16 heavy (non-hydrogen) atoms. The van der Waals surface area contributed by atoms with E-state index in [0.29, 0.717) is 0 Å². The number of nitrogens with one attached hydrogen (secondary N) is 1. The lowest BCUT2D eigenvalue weighted by Gasteiger charge is -2.25. The molecule has 0 aliphatic heterocycles. The van der Waals surface area contributed by atoms with Gasteiger partial charge in [-0.05, 0) is 42.7 Å². The van der Waals surface area contributed by atoms with Gasteiger partial charge in [0.15, 0.2) is 0 Å².